The van der Waals surface area contributed by atoms with Gasteiger partial charge in [-0.1, -0.05) is 30.3 Å². The number of ketones is 1. The Morgan fingerprint density at radius 2 is 1.71 bits per heavy atom. The molecule has 0 radical (unpaired) electrons. The molecule has 2 N–H and O–H groups in total. The molecule has 2 rings (SSSR count). The van der Waals surface area contributed by atoms with Crippen molar-refractivity contribution in [3.63, 3.8) is 0 Å². The monoisotopic (exact) mass is 185 g/mol. The summed E-state index contributed by atoms with van der Waals surface area (Å²) in [5.74, 6) is 0.0706. The summed E-state index contributed by atoms with van der Waals surface area (Å²) in [6, 6.07) is 11.2. The van der Waals surface area contributed by atoms with Crippen LogP contribution in [0.25, 0.3) is 10.8 Å². The Kier molecular flexibility index (Phi) is 1.97. The molecule has 0 aliphatic heterocycles. The molecule has 0 saturated heterocycles. The lowest BCUT2D eigenvalue weighted by atomic mass is 10.0. The van der Waals surface area contributed by atoms with E-state index in [1.54, 1.807) is 6.92 Å². The van der Waals surface area contributed by atoms with Crippen LogP contribution in [0.5, 0.6) is 0 Å². The summed E-state index contributed by atoms with van der Waals surface area (Å²) in [4.78, 5) is 11.3. The Morgan fingerprint density at radius 3 is 2.43 bits per heavy atom. The predicted molar refractivity (Wildman–Crippen MR) is 58.4 cm³/mol. The van der Waals surface area contributed by atoms with Gasteiger partial charge in [0.1, 0.15) is 0 Å². The van der Waals surface area contributed by atoms with Gasteiger partial charge in [0, 0.05) is 16.6 Å². The van der Waals surface area contributed by atoms with E-state index >= 15 is 0 Å². The summed E-state index contributed by atoms with van der Waals surface area (Å²) in [5, 5.41) is 1.88. The number of nitrogens with two attached hydrogens (primary N) is 1. The van der Waals surface area contributed by atoms with Gasteiger partial charge in [0.2, 0.25) is 0 Å². The van der Waals surface area contributed by atoms with Crippen LogP contribution in [0.15, 0.2) is 36.4 Å². The van der Waals surface area contributed by atoms with Crippen molar-refractivity contribution in [1.29, 1.82) is 0 Å². The first kappa shape index (κ1) is 8.75. The molecule has 2 aromatic carbocycles. The third-order valence-corrected chi connectivity index (χ3v) is 2.34. The highest BCUT2D eigenvalue weighted by Crippen LogP contribution is 2.24. The van der Waals surface area contributed by atoms with Crippen molar-refractivity contribution in [1.82, 2.24) is 0 Å². The number of nitrogen functional groups attached to an aromatic ring is 1. The summed E-state index contributed by atoms with van der Waals surface area (Å²) in [6.45, 7) is 1.57. The summed E-state index contributed by atoms with van der Waals surface area (Å²) in [6.07, 6.45) is 0. The van der Waals surface area contributed by atoms with Crippen LogP contribution in [0.2, 0.25) is 0 Å². The van der Waals surface area contributed by atoms with Gasteiger partial charge in [-0.05, 0) is 18.4 Å². The van der Waals surface area contributed by atoms with Crippen LogP contribution in [0.3, 0.4) is 0 Å². The molecule has 0 aliphatic carbocycles. The van der Waals surface area contributed by atoms with Crippen molar-refractivity contribution in [3.05, 3.63) is 42.0 Å². The van der Waals surface area contributed by atoms with E-state index in [2.05, 4.69) is 0 Å². The zero-order chi connectivity index (χ0) is 10.1. The standard InChI is InChI=1S/C12H11NO/c1-8(14)9-4-2-6-11-10(9)5-3-7-12(11)13/h2-7H,13H2,1H3. The van der Waals surface area contributed by atoms with E-state index in [1.165, 1.54) is 0 Å². The topological polar surface area (TPSA) is 43.1 Å². The molecule has 0 saturated carbocycles. The van der Waals surface area contributed by atoms with E-state index in [-0.39, 0.29) is 5.78 Å². The fraction of sp³-hybridized carbons (Fsp3) is 0.0833. The summed E-state index contributed by atoms with van der Waals surface area (Å²) < 4.78 is 0. The third kappa shape index (κ3) is 1.25. The van der Waals surface area contributed by atoms with Crippen molar-refractivity contribution < 1.29 is 4.79 Å². The van der Waals surface area contributed by atoms with Gasteiger partial charge in [0.15, 0.2) is 5.78 Å². The van der Waals surface area contributed by atoms with Gasteiger partial charge in [0.05, 0.1) is 0 Å². The second kappa shape index (κ2) is 3.14. The number of carbonyl (C=O) groups excluding carboxylic acids is 1. The average Bonchev–Trinajstić information content (AvgIpc) is 2.17. The van der Waals surface area contributed by atoms with Crippen molar-refractivity contribution in [2.75, 3.05) is 5.73 Å². The van der Waals surface area contributed by atoms with Gasteiger partial charge in [-0.25, -0.2) is 0 Å². The number of anilines is 1. The van der Waals surface area contributed by atoms with E-state index in [0.29, 0.717) is 5.69 Å². The molecule has 0 bridgehead atoms. The number of hydrogen-bond acceptors (Lipinski definition) is 2. The van der Waals surface area contributed by atoms with Crippen molar-refractivity contribution in [2.24, 2.45) is 0 Å². The highest BCUT2D eigenvalue weighted by molar-refractivity contribution is 6.09. The normalized spacial score (nSPS) is 10.4. The van der Waals surface area contributed by atoms with E-state index in [4.69, 9.17) is 5.73 Å². The van der Waals surface area contributed by atoms with E-state index in [0.717, 1.165) is 16.3 Å². The second-order valence-corrected chi connectivity index (χ2v) is 3.30. The molecule has 2 heteroatoms. The van der Waals surface area contributed by atoms with E-state index < -0.39 is 0 Å². The van der Waals surface area contributed by atoms with Crippen LogP contribution in [-0.2, 0) is 0 Å². The minimum Gasteiger partial charge on any atom is -0.398 e. The zero-order valence-electron chi connectivity index (χ0n) is 7.95. The largest absolute Gasteiger partial charge is 0.398 e. The molecule has 14 heavy (non-hydrogen) atoms. The smallest absolute Gasteiger partial charge is 0.160 e. The van der Waals surface area contributed by atoms with Crippen LogP contribution >= 0.6 is 0 Å². The van der Waals surface area contributed by atoms with Crippen molar-refractivity contribution >= 4 is 22.2 Å². The second-order valence-electron chi connectivity index (χ2n) is 3.30. The summed E-state index contributed by atoms with van der Waals surface area (Å²) >= 11 is 0. The SMILES string of the molecule is CC(=O)c1cccc2c(N)cccc12. The molecule has 0 aromatic heterocycles. The molecule has 0 heterocycles. The van der Waals surface area contributed by atoms with Crippen molar-refractivity contribution in [3.8, 4) is 0 Å². The average molecular weight is 185 g/mol. The number of hydrogen-bond donors (Lipinski definition) is 1. The molecule has 70 valence electrons. The Bertz CT molecular complexity index is 503. The molecular weight excluding hydrogens is 174 g/mol. The van der Waals surface area contributed by atoms with Gasteiger partial charge in [-0.2, -0.15) is 0 Å². The van der Waals surface area contributed by atoms with Gasteiger partial charge < -0.3 is 5.73 Å². The van der Waals surface area contributed by atoms with Crippen LogP contribution < -0.4 is 5.73 Å². The number of Topliss-reactive ketones (excluding diaryl/α,β-unsaturated/α-hetero) is 1. The Balaban J connectivity index is 2.88. The maximum Gasteiger partial charge on any atom is 0.160 e. The maximum absolute atomic E-state index is 11.3. The van der Waals surface area contributed by atoms with Crippen LogP contribution in [0, 0.1) is 0 Å². The predicted octanol–water partition coefficient (Wildman–Crippen LogP) is 2.62. The summed E-state index contributed by atoms with van der Waals surface area (Å²) in [7, 11) is 0. The van der Waals surface area contributed by atoms with Crippen molar-refractivity contribution in [2.45, 2.75) is 6.92 Å². The molecule has 2 aromatic rings. The molecule has 0 amide bonds. The lowest BCUT2D eigenvalue weighted by molar-refractivity contribution is 0.101. The number of rotatable bonds is 1. The highest BCUT2D eigenvalue weighted by atomic mass is 16.1. The van der Waals surface area contributed by atoms with Gasteiger partial charge in [0.25, 0.3) is 0 Å². The molecule has 0 unspecified atom stereocenters. The molecule has 0 aliphatic rings. The summed E-state index contributed by atoms with van der Waals surface area (Å²) in [5.41, 5.74) is 7.26. The minimum absolute atomic E-state index is 0.0706. The highest BCUT2D eigenvalue weighted by Gasteiger charge is 2.05. The van der Waals surface area contributed by atoms with E-state index in [1.807, 2.05) is 36.4 Å². The number of fused-ring (bicyclic) bond motifs is 1. The molecule has 0 atom stereocenters. The zero-order valence-corrected chi connectivity index (χ0v) is 7.95. The quantitative estimate of drug-likeness (QED) is 0.548. The first-order chi connectivity index (χ1) is 6.70. The van der Waals surface area contributed by atoms with Crippen LogP contribution in [0.4, 0.5) is 5.69 Å². The minimum atomic E-state index is 0.0706. The molecule has 2 nitrogen and oxygen atoms in total. The first-order valence-electron chi connectivity index (χ1n) is 4.48. The number of benzene rings is 2. The molecule has 0 spiro atoms. The van der Waals surface area contributed by atoms with Gasteiger partial charge >= 0.3 is 0 Å². The molecular formula is C12H11NO. The Labute approximate surface area is 82.3 Å². The third-order valence-electron chi connectivity index (χ3n) is 2.34. The maximum atomic E-state index is 11.3. The van der Waals surface area contributed by atoms with Crippen LogP contribution in [0.1, 0.15) is 17.3 Å². The van der Waals surface area contributed by atoms with Crippen LogP contribution in [-0.4, -0.2) is 5.78 Å². The lowest BCUT2D eigenvalue weighted by Crippen LogP contribution is -1.95. The van der Waals surface area contributed by atoms with Gasteiger partial charge in [-0.3, -0.25) is 4.79 Å². The van der Waals surface area contributed by atoms with E-state index in [9.17, 15) is 4.79 Å². The first-order valence-corrected chi connectivity index (χ1v) is 4.48. The lowest BCUT2D eigenvalue weighted by Gasteiger charge is -2.04. The Morgan fingerprint density at radius 1 is 1.07 bits per heavy atom. The van der Waals surface area contributed by atoms with Gasteiger partial charge in [-0.15, -0.1) is 0 Å². The Hall–Kier alpha value is -1.83. The fourth-order valence-electron chi connectivity index (χ4n) is 1.64. The fourth-order valence-corrected chi connectivity index (χ4v) is 1.64. The molecule has 0 fully saturated rings. The number of carbonyl (C=O) groups is 1.